The summed E-state index contributed by atoms with van der Waals surface area (Å²) in [7, 11) is 0. The van der Waals surface area contributed by atoms with Crippen LogP contribution in [0, 0.1) is 0 Å². The van der Waals surface area contributed by atoms with Crippen LogP contribution in [0.15, 0.2) is 42.6 Å². The van der Waals surface area contributed by atoms with E-state index in [0.717, 1.165) is 48.6 Å². The van der Waals surface area contributed by atoms with E-state index in [2.05, 4.69) is 27.1 Å². The fourth-order valence-electron chi connectivity index (χ4n) is 4.02. The molecule has 1 aliphatic rings. The lowest BCUT2D eigenvalue weighted by atomic mass is 9.95. The highest BCUT2D eigenvalue weighted by Gasteiger charge is 2.27. The second kappa shape index (κ2) is 10.1. The fourth-order valence-corrected chi connectivity index (χ4v) is 4.81. The smallest absolute Gasteiger partial charge is 0.281 e. The van der Waals surface area contributed by atoms with Crippen molar-refractivity contribution in [3.8, 4) is 16.7 Å². The number of rotatable bonds is 8. The van der Waals surface area contributed by atoms with Gasteiger partial charge in [0.05, 0.1) is 4.70 Å². The number of pyridine rings is 1. The third-order valence-corrected chi connectivity index (χ3v) is 6.43. The van der Waals surface area contributed by atoms with Gasteiger partial charge in [0, 0.05) is 38.3 Å². The van der Waals surface area contributed by atoms with Gasteiger partial charge in [0.25, 0.3) is 5.19 Å². The molecule has 0 bridgehead atoms. The van der Waals surface area contributed by atoms with Gasteiger partial charge in [-0.3, -0.25) is 9.69 Å². The third kappa shape index (κ3) is 5.71. The Morgan fingerprint density at radius 2 is 2.06 bits per heavy atom. The van der Waals surface area contributed by atoms with Crippen molar-refractivity contribution in [1.29, 1.82) is 0 Å². The van der Waals surface area contributed by atoms with E-state index >= 15 is 0 Å². The van der Waals surface area contributed by atoms with Crippen LogP contribution in [-0.2, 0) is 4.79 Å². The number of hydrogen-bond donors (Lipinski definition) is 1. The van der Waals surface area contributed by atoms with Crippen LogP contribution >= 0.6 is 11.3 Å². The first-order valence-electron chi connectivity index (χ1n) is 10.7. The minimum absolute atomic E-state index is 0.0591. The van der Waals surface area contributed by atoms with E-state index in [1.165, 1.54) is 11.3 Å². The van der Waals surface area contributed by atoms with Gasteiger partial charge in [0.1, 0.15) is 18.1 Å². The van der Waals surface area contributed by atoms with Crippen LogP contribution < -0.4 is 14.8 Å². The molecule has 1 aliphatic heterocycles. The quantitative estimate of drug-likeness (QED) is 0.565. The van der Waals surface area contributed by atoms with Crippen LogP contribution in [0.4, 0.5) is 0 Å². The number of benzene rings is 1. The molecule has 1 aromatic carbocycles. The van der Waals surface area contributed by atoms with Crippen LogP contribution in [0.5, 0.6) is 16.7 Å². The number of amides is 1. The summed E-state index contributed by atoms with van der Waals surface area (Å²) in [6, 6.07) is 12.3. The molecule has 2 atom stereocenters. The number of nitrogens with zero attached hydrogens (tertiary/aromatic N) is 3. The van der Waals surface area contributed by atoms with Gasteiger partial charge < -0.3 is 14.8 Å². The van der Waals surface area contributed by atoms with Gasteiger partial charge in [-0.15, -0.1) is 0 Å². The van der Waals surface area contributed by atoms with Crippen molar-refractivity contribution in [1.82, 2.24) is 20.2 Å². The van der Waals surface area contributed by atoms with Crippen molar-refractivity contribution in [2.24, 2.45) is 0 Å². The summed E-state index contributed by atoms with van der Waals surface area (Å²) < 4.78 is 12.8. The Morgan fingerprint density at radius 1 is 1.26 bits per heavy atom. The predicted octanol–water partition coefficient (Wildman–Crippen LogP) is 4.24. The standard InChI is InChI=1S/C23H28N4O3S/c1-3-18-15-17(25-16(2)28)10-12-27(18)13-14-29-19-6-8-20(9-7-19)30-23-26-22-21(31-23)5-4-11-24-22/h4-9,11,17-18H,3,10,12-15H2,1-2H3,(H,25,28)/t17-,18+/m1/s1. The summed E-state index contributed by atoms with van der Waals surface area (Å²) in [4.78, 5) is 22.4. The molecule has 0 unspecified atom stereocenters. The molecule has 1 fully saturated rings. The normalized spacial score (nSPS) is 19.3. The molecule has 0 radical (unpaired) electrons. The predicted molar refractivity (Wildman–Crippen MR) is 122 cm³/mol. The molecule has 1 saturated heterocycles. The zero-order chi connectivity index (χ0) is 21.6. The Morgan fingerprint density at radius 3 is 2.81 bits per heavy atom. The van der Waals surface area contributed by atoms with Crippen molar-refractivity contribution in [2.75, 3.05) is 19.7 Å². The lowest BCUT2D eigenvalue weighted by Gasteiger charge is -2.39. The van der Waals surface area contributed by atoms with Gasteiger partial charge >= 0.3 is 0 Å². The summed E-state index contributed by atoms with van der Waals surface area (Å²) in [5.41, 5.74) is 0.703. The number of hydrogen-bond acceptors (Lipinski definition) is 7. The average Bonchev–Trinajstić information content (AvgIpc) is 3.17. The van der Waals surface area contributed by atoms with E-state index in [1.54, 1.807) is 13.1 Å². The van der Waals surface area contributed by atoms with E-state index in [4.69, 9.17) is 9.47 Å². The SMILES string of the molecule is CC[C@H]1C[C@H](NC(C)=O)CCN1CCOc1ccc(Oc2nc3ncccc3s2)cc1. The number of likely N-dealkylation sites (tertiary alicyclic amines) is 1. The summed E-state index contributed by atoms with van der Waals surface area (Å²) in [5.74, 6) is 1.60. The molecule has 1 N–H and O–H groups in total. The minimum Gasteiger partial charge on any atom is -0.492 e. The molecule has 4 rings (SSSR count). The van der Waals surface area contributed by atoms with Gasteiger partial charge in [0.2, 0.25) is 5.91 Å². The summed E-state index contributed by atoms with van der Waals surface area (Å²) in [6.45, 7) is 6.28. The number of ether oxygens (including phenoxy) is 2. The molecule has 3 heterocycles. The van der Waals surface area contributed by atoms with Crippen molar-refractivity contribution in [3.05, 3.63) is 42.6 Å². The van der Waals surface area contributed by atoms with Crippen molar-refractivity contribution in [3.63, 3.8) is 0 Å². The first-order valence-corrected chi connectivity index (χ1v) is 11.6. The second-order valence-corrected chi connectivity index (χ2v) is 8.74. The largest absolute Gasteiger partial charge is 0.492 e. The number of piperidine rings is 1. The zero-order valence-corrected chi connectivity index (χ0v) is 18.7. The lowest BCUT2D eigenvalue weighted by molar-refractivity contribution is -0.120. The highest BCUT2D eigenvalue weighted by Crippen LogP contribution is 2.31. The number of nitrogens with one attached hydrogen (secondary N) is 1. The van der Waals surface area contributed by atoms with Gasteiger partial charge in [-0.1, -0.05) is 18.3 Å². The van der Waals surface area contributed by atoms with Crippen LogP contribution in [0.2, 0.25) is 0 Å². The molecule has 8 heteroatoms. The van der Waals surface area contributed by atoms with E-state index < -0.39 is 0 Å². The Hall–Kier alpha value is -2.71. The maximum Gasteiger partial charge on any atom is 0.281 e. The third-order valence-electron chi connectivity index (χ3n) is 5.54. The molecule has 3 aromatic rings. The molecule has 0 spiro atoms. The van der Waals surface area contributed by atoms with E-state index in [-0.39, 0.29) is 5.91 Å². The summed E-state index contributed by atoms with van der Waals surface area (Å²) >= 11 is 1.48. The second-order valence-electron chi connectivity index (χ2n) is 7.75. The molecule has 0 aliphatic carbocycles. The van der Waals surface area contributed by atoms with E-state index in [0.29, 0.717) is 29.5 Å². The molecule has 164 valence electrons. The van der Waals surface area contributed by atoms with Gasteiger partial charge in [-0.2, -0.15) is 4.98 Å². The molecule has 0 saturated carbocycles. The lowest BCUT2D eigenvalue weighted by Crippen LogP contribution is -2.50. The number of fused-ring (bicyclic) bond motifs is 1. The van der Waals surface area contributed by atoms with Crippen molar-refractivity contribution >= 4 is 27.6 Å². The van der Waals surface area contributed by atoms with Crippen LogP contribution in [0.25, 0.3) is 10.3 Å². The number of carbonyl (C=O) groups excluding carboxylic acids is 1. The Labute approximate surface area is 186 Å². The van der Waals surface area contributed by atoms with Gasteiger partial charge in [-0.05, 0) is 55.7 Å². The Balaban J connectivity index is 1.25. The van der Waals surface area contributed by atoms with Crippen molar-refractivity contribution in [2.45, 2.75) is 45.2 Å². The molecular weight excluding hydrogens is 412 g/mol. The first kappa shape index (κ1) is 21.5. The highest BCUT2D eigenvalue weighted by atomic mass is 32.1. The fraction of sp³-hybridized carbons (Fsp3) is 0.435. The van der Waals surface area contributed by atoms with Crippen molar-refractivity contribution < 1.29 is 14.3 Å². The van der Waals surface area contributed by atoms with Gasteiger partial charge in [-0.25, -0.2) is 4.98 Å². The summed E-state index contributed by atoms with van der Waals surface area (Å²) in [6.07, 6.45) is 4.79. The number of thiazole rings is 1. The maximum atomic E-state index is 11.3. The molecular formula is C23H28N4O3S. The average molecular weight is 441 g/mol. The van der Waals surface area contributed by atoms with Crippen LogP contribution in [-0.4, -0.2) is 52.6 Å². The molecule has 31 heavy (non-hydrogen) atoms. The molecule has 7 nitrogen and oxygen atoms in total. The van der Waals surface area contributed by atoms with E-state index in [1.807, 2.05) is 36.4 Å². The van der Waals surface area contributed by atoms with Gasteiger partial charge in [0.15, 0.2) is 5.65 Å². The van der Waals surface area contributed by atoms with Crippen LogP contribution in [0.1, 0.15) is 33.1 Å². The number of carbonyl (C=O) groups is 1. The Kier molecular flexibility index (Phi) is 6.99. The highest BCUT2D eigenvalue weighted by molar-refractivity contribution is 7.20. The van der Waals surface area contributed by atoms with Crippen LogP contribution in [0.3, 0.4) is 0 Å². The monoisotopic (exact) mass is 440 g/mol. The summed E-state index contributed by atoms with van der Waals surface area (Å²) in [5, 5.41) is 3.64. The zero-order valence-electron chi connectivity index (χ0n) is 17.9. The maximum absolute atomic E-state index is 11.3. The topological polar surface area (TPSA) is 76.6 Å². The first-order chi connectivity index (χ1) is 15.1. The minimum atomic E-state index is 0.0591. The molecule has 1 amide bonds. The number of aromatic nitrogens is 2. The Bertz CT molecular complexity index is 974. The van der Waals surface area contributed by atoms with E-state index in [9.17, 15) is 4.79 Å². The molecule has 2 aromatic heterocycles.